The zero-order chi connectivity index (χ0) is 13.1. The third kappa shape index (κ3) is 3.03. The Hall–Kier alpha value is -0.620. The predicted molar refractivity (Wildman–Crippen MR) is 76.5 cm³/mol. The van der Waals surface area contributed by atoms with Crippen molar-refractivity contribution in [2.45, 2.75) is 31.7 Å². The fraction of sp³-hybridized carbons (Fsp3) is 0.462. The average molecular weight is 304 g/mol. The largest absolute Gasteiger partial charge is 0.379 e. The van der Waals surface area contributed by atoms with Crippen LogP contribution in [0, 0.1) is 17.2 Å². The fourth-order valence-electron chi connectivity index (χ4n) is 2.32. The first-order valence-corrected chi connectivity index (χ1v) is 7.06. The zero-order valence-electron chi connectivity index (χ0n) is 9.72. The lowest BCUT2D eigenvalue weighted by Crippen LogP contribution is -2.31. The Morgan fingerprint density at radius 2 is 1.72 bits per heavy atom. The van der Waals surface area contributed by atoms with Gasteiger partial charge in [-0.2, -0.15) is 5.26 Å². The van der Waals surface area contributed by atoms with E-state index in [9.17, 15) is 0 Å². The van der Waals surface area contributed by atoms with Gasteiger partial charge in [-0.1, -0.05) is 47.6 Å². The van der Waals surface area contributed by atoms with E-state index in [0.29, 0.717) is 20.8 Å². The summed E-state index contributed by atoms with van der Waals surface area (Å²) in [5.41, 5.74) is 0.676. The summed E-state index contributed by atoms with van der Waals surface area (Å²) in [4.78, 5) is 0. The number of nitrogens with zero attached hydrogens (tertiary/aromatic N) is 1. The Labute approximate surface area is 122 Å². The van der Waals surface area contributed by atoms with Crippen molar-refractivity contribution in [2.75, 3.05) is 5.32 Å². The molecule has 1 aliphatic carbocycles. The van der Waals surface area contributed by atoms with Crippen molar-refractivity contribution in [3.63, 3.8) is 0 Å². The first-order valence-electron chi connectivity index (χ1n) is 5.92. The van der Waals surface area contributed by atoms with Crippen LogP contribution in [0.15, 0.2) is 12.1 Å². The number of nitrogens with one attached hydrogen (secondary N) is 1. The minimum absolute atomic E-state index is 0.0153. The molecule has 0 aliphatic heterocycles. The molecule has 5 heteroatoms. The molecule has 96 valence electrons. The van der Waals surface area contributed by atoms with Gasteiger partial charge in [0.15, 0.2) is 0 Å². The first-order chi connectivity index (χ1) is 8.61. The molecule has 1 N–H and O–H groups in total. The molecule has 1 aliphatic rings. The number of benzene rings is 1. The number of anilines is 1. The molecule has 2 nitrogen and oxygen atoms in total. The third-order valence-corrected chi connectivity index (χ3v) is 4.08. The van der Waals surface area contributed by atoms with Crippen molar-refractivity contribution in [3.05, 3.63) is 27.2 Å². The lowest BCUT2D eigenvalue weighted by molar-refractivity contribution is 0.389. The topological polar surface area (TPSA) is 35.8 Å². The number of hydrogen-bond acceptors (Lipinski definition) is 2. The highest BCUT2D eigenvalue weighted by atomic mass is 35.5. The molecule has 2 unspecified atom stereocenters. The summed E-state index contributed by atoms with van der Waals surface area (Å²) >= 11 is 18.1. The molecule has 0 spiro atoms. The molecule has 1 aromatic rings. The molecule has 0 saturated heterocycles. The highest BCUT2D eigenvalue weighted by Crippen LogP contribution is 2.36. The molecule has 0 amide bonds. The van der Waals surface area contributed by atoms with Gasteiger partial charge in [0, 0.05) is 11.1 Å². The second-order valence-corrected chi connectivity index (χ2v) is 5.77. The van der Waals surface area contributed by atoms with Crippen LogP contribution in [0.4, 0.5) is 5.69 Å². The Morgan fingerprint density at radius 3 is 2.33 bits per heavy atom. The van der Waals surface area contributed by atoms with E-state index in [-0.39, 0.29) is 12.0 Å². The first kappa shape index (κ1) is 13.8. The summed E-state index contributed by atoms with van der Waals surface area (Å²) in [6.45, 7) is 0. The number of rotatable bonds is 2. The molecular weight excluding hydrogens is 291 g/mol. The number of nitriles is 1. The molecule has 0 radical (unpaired) electrons. The SMILES string of the molecule is N#CC1CCCCC1Nc1c(Cl)cc(Cl)cc1Cl. The normalized spacial score (nSPS) is 23.4. The van der Waals surface area contributed by atoms with Crippen molar-refractivity contribution in [1.29, 1.82) is 5.26 Å². The average Bonchev–Trinajstić information content (AvgIpc) is 2.34. The fourth-order valence-corrected chi connectivity index (χ4v) is 3.25. The van der Waals surface area contributed by atoms with Gasteiger partial charge in [0.05, 0.1) is 27.7 Å². The van der Waals surface area contributed by atoms with Crippen LogP contribution in [-0.2, 0) is 0 Å². The molecule has 18 heavy (non-hydrogen) atoms. The van der Waals surface area contributed by atoms with Gasteiger partial charge in [-0.25, -0.2) is 0 Å². The summed E-state index contributed by atoms with van der Waals surface area (Å²) < 4.78 is 0. The minimum atomic E-state index is 0.0153. The van der Waals surface area contributed by atoms with E-state index in [0.717, 1.165) is 25.7 Å². The maximum absolute atomic E-state index is 9.15. The van der Waals surface area contributed by atoms with E-state index in [1.807, 2.05) is 0 Å². The van der Waals surface area contributed by atoms with Gasteiger partial charge in [-0.05, 0) is 25.0 Å². The van der Waals surface area contributed by atoms with Gasteiger partial charge >= 0.3 is 0 Å². The summed E-state index contributed by atoms with van der Waals surface area (Å²) in [5, 5.41) is 13.9. The van der Waals surface area contributed by atoms with Crippen molar-refractivity contribution >= 4 is 40.5 Å². The van der Waals surface area contributed by atoms with Crippen LogP contribution in [0.5, 0.6) is 0 Å². The van der Waals surface area contributed by atoms with E-state index < -0.39 is 0 Å². The molecule has 1 aromatic carbocycles. The van der Waals surface area contributed by atoms with Crippen molar-refractivity contribution in [3.8, 4) is 6.07 Å². The summed E-state index contributed by atoms with van der Waals surface area (Å²) in [7, 11) is 0. The highest BCUT2D eigenvalue weighted by molar-refractivity contribution is 6.41. The summed E-state index contributed by atoms with van der Waals surface area (Å²) in [6.07, 6.45) is 4.13. The quantitative estimate of drug-likeness (QED) is 0.821. The number of halogens is 3. The standard InChI is InChI=1S/C13H13Cl3N2/c14-9-5-10(15)13(11(16)6-9)18-12-4-2-1-3-8(12)7-17/h5-6,8,12,18H,1-4H2. The van der Waals surface area contributed by atoms with Gasteiger partial charge in [0.25, 0.3) is 0 Å². The van der Waals surface area contributed by atoms with Crippen LogP contribution in [-0.4, -0.2) is 6.04 Å². The van der Waals surface area contributed by atoms with Gasteiger partial charge < -0.3 is 5.32 Å². The van der Waals surface area contributed by atoms with Crippen LogP contribution in [0.2, 0.25) is 15.1 Å². The molecule has 0 bridgehead atoms. The lowest BCUT2D eigenvalue weighted by Gasteiger charge is -2.29. The minimum Gasteiger partial charge on any atom is -0.379 e. The molecule has 0 aromatic heterocycles. The predicted octanol–water partition coefficient (Wildman–Crippen LogP) is 5.14. The van der Waals surface area contributed by atoms with Crippen LogP contribution >= 0.6 is 34.8 Å². The van der Waals surface area contributed by atoms with E-state index in [1.54, 1.807) is 12.1 Å². The molecular formula is C13H13Cl3N2. The maximum Gasteiger partial charge on any atom is 0.0722 e. The van der Waals surface area contributed by atoms with Crippen LogP contribution in [0.3, 0.4) is 0 Å². The van der Waals surface area contributed by atoms with Crippen molar-refractivity contribution in [1.82, 2.24) is 0 Å². The lowest BCUT2D eigenvalue weighted by atomic mass is 9.85. The summed E-state index contributed by atoms with van der Waals surface area (Å²) in [5.74, 6) is 0.0153. The second-order valence-electron chi connectivity index (χ2n) is 4.52. The molecule has 1 saturated carbocycles. The summed E-state index contributed by atoms with van der Waals surface area (Å²) in [6, 6.07) is 5.77. The number of hydrogen-bond donors (Lipinski definition) is 1. The molecule has 2 atom stereocenters. The van der Waals surface area contributed by atoms with Gasteiger partial charge in [-0.15, -0.1) is 0 Å². The van der Waals surface area contributed by atoms with E-state index in [2.05, 4.69) is 11.4 Å². The molecule has 1 fully saturated rings. The monoisotopic (exact) mass is 302 g/mol. The smallest absolute Gasteiger partial charge is 0.0722 e. The molecule has 0 heterocycles. The Morgan fingerprint density at radius 1 is 1.11 bits per heavy atom. The Balaban J connectivity index is 2.21. The van der Waals surface area contributed by atoms with Gasteiger partial charge in [0.2, 0.25) is 0 Å². The Kier molecular flexibility index (Phi) is 4.61. The van der Waals surface area contributed by atoms with Crippen molar-refractivity contribution in [2.24, 2.45) is 5.92 Å². The maximum atomic E-state index is 9.15. The van der Waals surface area contributed by atoms with Gasteiger partial charge in [-0.3, -0.25) is 0 Å². The highest BCUT2D eigenvalue weighted by Gasteiger charge is 2.26. The van der Waals surface area contributed by atoms with Crippen molar-refractivity contribution < 1.29 is 0 Å². The van der Waals surface area contributed by atoms with Gasteiger partial charge in [0.1, 0.15) is 0 Å². The van der Waals surface area contributed by atoms with Crippen LogP contribution < -0.4 is 5.32 Å². The third-order valence-electron chi connectivity index (χ3n) is 3.27. The van der Waals surface area contributed by atoms with E-state index in [1.165, 1.54) is 0 Å². The zero-order valence-corrected chi connectivity index (χ0v) is 12.0. The van der Waals surface area contributed by atoms with E-state index in [4.69, 9.17) is 40.1 Å². The van der Waals surface area contributed by atoms with Crippen LogP contribution in [0.1, 0.15) is 25.7 Å². The second kappa shape index (κ2) is 6.02. The Bertz CT molecular complexity index is 459. The van der Waals surface area contributed by atoms with E-state index >= 15 is 0 Å². The molecule has 2 rings (SSSR count). The van der Waals surface area contributed by atoms with Crippen LogP contribution in [0.25, 0.3) is 0 Å².